The third-order valence-corrected chi connectivity index (χ3v) is 5.62. The fourth-order valence-electron chi connectivity index (χ4n) is 3.10. The molecule has 0 aliphatic carbocycles. The number of rotatable bonds is 3. The van der Waals surface area contributed by atoms with Crippen LogP contribution in [0.3, 0.4) is 0 Å². The number of methoxy groups -OCH3 is 1. The molecule has 0 atom stereocenters. The number of aromatic nitrogens is 2. The summed E-state index contributed by atoms with van der Waals surface area (Å²) >= 11 is 1.42. The number of anilines is 1. The van der Waals surface area contributed by atoms with E-state index in [0.717, 1.165) is 46.0 Å². The zero-order valence-corrected chi connectivity index (χ0v) is 15.5. The van der Waals surface area contributed by atoms with Crippen molar-refractivity contribution in [3.05, 3.63) is 34.7 Å². The Morgan fingerprint density at radius 1 is 1.19 bits per heavy atom. The molecule has 7 heteroatoms. The first-order valence-corrected chi connectivity index (χ1v) is 9.21. The van der Waals surface area contributed by atoms with E-state index in [1.807, 2.05) is 31.2 Å². The quantitative estimate of drug-likeness (QED) is 0.708. The topological polar surface area (TPSA) is 71.3 Å². The highest BCUT2D eigenvalue weighted by Crippen LogP contribution is 2.37. The second kappa shape index (κ2) is 6.90. The SMILES string of the molecule is COc1ccc(-c2nc(N3CCOCC3)c3c(C)c(C#N)sc3n2)cc1. The number of ether oxygens (including phenoxy) is 2. The fraction of sp³-hybridized carbons (Fsp3) is 0.316. The summed E-state index contributed by atoms with van der Waals surface area (Å²) in [5, 5.41) is 10.4. The summed E-state index contributed by atoms with van der Waals surface area (Å²) in [6.07, 6.45) is 0. The molecule has 1 aliphatic rings. The van der Waals surface area contributed by atoms with Crippen LogP contribution in [-0.4, -0.2) is 43.4 Å². The van der Waals surface area contributed by atoms with Gasteiger partial charge in [-0.2, -0.15) is 5.26 Å². The van der Waals surface area contributed by atoms with Crippen molar-refractivity contribution in [2.75, 3.05) is 38.3 Å². The molecule has 3 heterocycles. The second-order valence-electron chi connectivity index (χ2n) is 6.05. The van der Waals surface area contributed by atoms with Gasteiger partial charge in [-0.05, 0) is 36.8 Å². The van der Waals surface area contributed by atoms with Gasteiger partial charge >= 0.3 is 0 Å². The molecule has 1 saturated heterocycles. The molecule has 26 heavy (non-hydrogen) atoms. The summed E-state index contributed by atoms with van der Waals surface area (Å²) < 4.78 is 10.7. The number of benzene rings is 1. The number of hydrogen-bond acceptors (Lipinski definition) is 7. The number of thiophene rings is 1. The molecule has 3 aromatic rings. The molecule has 4 rings (SSSR count). The molecule has 0 N–H and O–H groups in total. The van der Waals surface area contributed by atoms with E-state index >= 15 is 0 Å². The monoisotopic (exact) mass is 366 g/mol. The van der Waals surface area contributed by atoms with Crippen LogP contribution in [0.4, 0.5) is 5.82 Å². The lowest BCUT2D eigenvalue weighted by Gasteiger charge is -2.28. The zero-order chi connectivity index (χ0) is 18.1. The van der Waals surface area contributed by atoms with E-state index in [1.165, 1.54) is 11.3 Å². The maximum Gasteiger partial charge on any atom is 0.163 e. The molecule has 1 aromatic carbocycles. The van der Waals surface area contributed by atoms with Crippen LogP contribution in [0.5, 0.6) is 5.75 Å². The van der Waals surface area contributed by atoms with Crippen molar-refractivity contribution in [2.24, 2.45) is 0 Å². The van der Waals surface area contributed by atoms with E-state index in [1.54, 1.807) is 7.11 Å². The molecule has 0 amide bonds. The third-order valence-electron chi connectivity index (χ3n) is 4.53. The van der Waals surface area contributed by atoms with E-state index < -0.39 is 0 Å². The molecule has 1 aliphatic heterocycles. The van der Waals surface area contributed by atoms with Gasteiger partial charge in [0.2, 0.25) is 0 Å². The predicted molar refractivity (Wildman–Crippen MR) is 102 cm³/mol. The molecule has 6 nitrogen and oxygen atoms in total. The zero-order valence-electron chi connectivity index (χ0n) is 14.7. The summed E-state index contributed by atoms with van der Waals surface area (Å²) in [6.45, 7) is 4.89. The Balaban J connectivity index is 1.90. The van der Waals surface area contributed by atoms with Gasteiger partial charge in [0.05, 0.1) is 25.7 Å². The van der Waals surface area contributed by atoms with E-state index in [0.29, 0.717) is 23.9 Å². The predicted octanol–water partition coefficient (Wildman–Crippen LogP) is 3.38. The van der Waals surface area contributed by atoms with Crippen LogP contribution in [0.1, 0.15) is 10.4 Å². The summed E-state index contributed by atoms with van der Waals surface area (Å²) in [7, 11) is 1.64. The minimum Gasteiger partial charge on any atom is -0.497 e. The molecular formula is C19H18N4O2S. The lowest BCUT2D eigenvalue weighted by Crippen LogP contribution is -2.37. The molecule has 132 valence electrons. The van der Waals surface area contributed by atoms with Crippen LogP contribution >= 0.6 is 11.3 Å². The average Bonchev–Trinajstić information content (AvgIpc) is 3.04. The van der Waals surface area contributed by atoms with E-state index in [-0.39, 0.29) is 0 Å². The summed E-state index contributed by atoms with van der Waals surface area (Å²) in [4.78, 5) is 13.4. The molecule has 1 fully saturated rings. The molecule has 0 radical (unpaired) electrons. The van der Waals surface area contributed by atoms with Gasteiger partial charge in [-0.15, -0.1) is 11.3 Å². The molecule has 0 bridgehead atoms. The Bertz CT molecular complexity index is 985. The minimum absolute atomic E-state index is 0.660. The molecule has 0 spiro atoms. The van der Waals surface area contributed by atoms with Crippen LogP contribution in [0, 0.1) is 18.3 Å². The number of nitriles is 1. The number of nitrogens with zero attached hydrogens (tertiary/aromatic N) is 4. The lowest BCUT2D eigenvalue weighted by molar-refractivity contribution is 0.122. The average molecular weight is 366 g/mol. The van der Waals surface area contributed by atoms with Crippen LogP contribution in [0.2, 0.25) is 0 Å². The number of aryl methyl sites for hydroxylation is 1. The second-order valence-corrected chi connectivity index (χ2v) is 7.05. The maximum absolute atomic E-state index is 9.43. The van der Waals surface area contributed by atoms with Crippen molar-refractivity contribution < 1.29 is 9.47 Å². The fourth-order valence-corrected chi connectivity index (χ4v) is 4.07. The van der Waals surface area contributed by atoms with Crippen LogP contribution in [-0.2, 0) is 4.74 Å². The normalized spacial score (nSPS) is 14.4. The summed E-state index contributed by atoms with van der Waals surface area (Å²) in [6, 6.07) is 9.99. The Morgan fingerprint density at radius 3 is 2.58 bits per heavy atom. The Kier molecular flexibility index (Phi) is 4.45. The van der Waals surface area contributed by atoms with Gasteiger partial charge in [-0.1, -0.05) is 0 Å². The number of hydrogen-bond donors (Lipinski definition) is 0. The van der Waals surface area contributed by atoms with Crippen molar-refractivity contribution in [2.45, 2.75) is 6.92 Å². The Hall–Kier alpha value is -2.69. The van der Waals surface area contributed by atoms with Gasteiger partial charge in [-0.3, -0.25) is 0 Å². The van der Waals surface area contributed by atoms with E-state index in [9.17, 15) is 5.26 Å². The van der Waals surface area contributed by atoms with Gasteiger partial charge in [0.25, 0.3) is 0 Å². The van der Waals surface area contributed by atoms with Gasteiger partial charge in [0.15, 0.2) is 5.82 Å². The van der Waals surface area contributed by atoms with Crippen LogP contribution in [0.25, 0.3) is 21.6 Å². The number of morpholine rings is 1. The first-order valence-electron chi connectivity index (χ1n) is 8.39. The van der Waals surface area contributed by atoms with Gasteiger partial charge in [-0.25, -0.2) is 9.97 Å². The molecule has 2 aromatic heterocycles. The third kappa shape index (κ3) is 2.87. The van der Waals surface area contributed by atoms with Gasteiger partial charge in [0.1, 0.15) is 27.3 Å². The van der Waals surface area contributed by atoms with E-state index in [4.69, 9.17) is 19.4 Å². The first-order chi connectivity index (χ1) is 12.7. The highest BCUT2D eigenvalue weighted by atomic mass is 32.1. The highest BCUT2D eigenvalue weighted by Gasteiger charge is 2.22. The standard InChI is InChI=1S/C19H18N4O2S/c1-12-15(11-20)26-19-16(12)18(23-7-9-25-10-8-23)21-17(22-19)13-3-5-14(24-2)6-4-13/h3-6H,7-10H2,1-2H3. The largest absolute Gasteiger partial charge is 0.497 e. The summed E-state index contributed by atoms with van der Waals surface area (Å²) in [5.41, 5.74) is 1.88. The van der Waals surface area contributed by atoms with Crippen molar-refractivity contribution in [1.29, 1.82) is 5.26 Å². The summed E-state index contributed by atoms with van der Waals surface area (Å²) in [5.74, 6) is 2.34. The lowest BCUT2D eigenvalue weighted by atomic mass is 10.1. The van der Waals surface area contributed by atoms with Crippen LogP contribution < -0.4 is 9.64 Å². The molecule has 0 unspecified atom stereocenters. The van der Waals surface area contributed by atoms with Gasteiger partial charge in [0, 0.05) is 18.7 Å². The van der Waals surface area contributed by atoms with Crippen molar-refractivity contribution in [1.82, 2.24) is 9.97 Å². The van der Waals surface area contributed by atoms with Crippen molar-refractivity contribution in [3.63, 3.8) is 0 Å². The van der Waals surface area contributed by atoms with Gasteiger partial charge < -0.3 is 14.4 Å². The highest BCUT2D eigenvalue weighted by molar-refractivity contribution is 7.19. The van der Waals surface area contributed by atoms with E-state index in [2.05, 4.69) is 11.0 Å². The first kappa shape index (κ1) is 16.8. The molecule has 0 saturated carbocycles. The maximum atomic E-state index is 9.43. The molecular weight excluding hydrogens is 348 g/mol. The Labute approximate surface area is 155 Å². The Morgan fingerprint density at radius 2 is 1.92 bits per heavy atom. The smallest absolute Gasteiger partial charge is 0.163 e. The van der Waals surface area contributed by atoms with Crippen molar-refractivity contribution in [3.8, 4) is 23.2 Å². The number of fused-ring (bicyclic) bond motifs is 1. The minimum atomic E-state index is 0.660. The van der Waals surface area contributed by atoms with Crippen molar-refractivity contribution >= 4 is 27.4 Å². The van der Waals surface area contributed by atoms with Crippen LogP contribution in [0.15, 0.2) is 24.3 Å².